The molecule has 0 aliphatic carbocycles. The Labute approximate surface area is 115 Å². The molecule has 4 nitrogen and oxygen atoms in total. The van der Waals surface area contributed by atoms with Gasteiger partial charge in [0.05, 0.1) is 0 Å². The number of benzene rings is 1. The molecule has 0 saturated carbocycles. The van der Waals surface area contributed by atoms with Crippen LogP contribution in [-0.2, 0) is 10.0 Å². The Bertz CT molecular complexity index is 483. The molecule has 1 aromatic rings. The molecule has 0 radical (unpaired) electrons. The summed E-state index contributed by atoms with van der Waals surface area (Å²) in [6, 6.07) is 9.28. The van der Waals surface area contributed by atoms with Gasteiger partial charge in [0.15, 0.2) is 0 Å². The van der Waals surface area contributed by atoms with Gasteiger partial charge in [0, 0.05) is 18.6 Å². The smallest absolute Gasteiger partial charge is 0.233 e. The second-order valence-corrected chi connectivity index (χ2v) is 6.23. The topological polar surface area (TPSA) is 66.4 Å². The van der Waals surface area contributed by atoms with Crippen molar-refractivity contribution in [2.45, 2.75) is 19.8 Å². The Morgan fingerprint density at radius 2 is 2.00 bits per heavy atom. The van der Waals surface area contributed by atoms with Gasteiger partial charge in [-0.1, -0.05) is 37.3 Å². The summed E-state index contributed by atoms with van der Waals surface area (Å²) in [5.74, 6) is 0.212. The largest absolute Gasteiger partial charge is 0.396 e. The van der Waals surface area contributed by atoms with E-state index in [1.165, 1.54) is 5.41 Å². The van der Waals surface area contributed by atoms with Crippen LogP contribution in [0, 0.1) is 5.92 Å². The molecule has 0 saturated heterocycles. The normalized spacial score (nSPS) is 13.8. The summed E-state index contributed by atoms with van der Waals surface area (Å²) >= 11 is 0. The van der Waals surface area contributed by atoms with Gasteiger partial charge >= 0.3 is 0 Å². The van der Waals surface area contributed by atoms with E-state index < -0.39 is 10.0 Å². The Balaban J connectivity index is 2.38. The maximum Gasteiger partial charge on any atom is 0.233 e. The molecule has 0 amide bonds. The van der Waals surface area contributed by atoms with Crippen LogP contribution in [0.15, 0.2) is 35.7 Å². The van der Waals surface area contributed by atoms with E-state index >= 15 is 0 Å². The van der Waals surface area contributed by atoms with E-state index in [4.69, 9.17) is 5.11 Å². The van der Waals surface area contributed by atoms with Gasteiger partial charge in [-0.25, -0.2) is 13.1 Å². The molecule has 0 bridgehead atoms. The molecule has 1 unspecified atom stereocenters. The summed E-state index contributed by atoms with van der Waals surface area (Å²) in [7, 11) is -3.38. The van der Waals surface area contributed by atoms with Crippen molar-refractivity contribution < 1.29 is 13.5 Å². The number of aliphatic hydroxyl groups excluding tert-OH is 1. The molecular weight excluding hydrogens is 262 g/mol. The van der Waals surface area contributed by atoms with Crippen LogP contribution in [-0.4, -0.2) is 26.7 Å². The molecule has 0 aliphatic rings. The molecule has 0 aliphatic heterocycles. The third-order valence-electron chi connectivity index (χ3n) is 2.73. The standard InChI is InChI=1S/C14H21NO3S/c1-13(12-16)6-5-10-15-19(17,18)11-9-14-7-3-2-4-8-14/h2-4,7-9,11,13,15-16H,5-6,10,12H2,1H3/b11-9+. The molecule has 0 fully saturated rings. The molecule has 5 heteroatoms. The van der Waals surface area contributed by atoms with Crippen LogP contribution in [0.4, 0.5) is 0 Å². The maximum absolute atomic E-state index is 11.7. The molecule has 0 heterocycles. The highest BCUT2D eigenvalue weighted by Crippen LogP contribution is 2.05. The molecule has 1 rings (SSSR count). The first kappa shape index (κ1) is 15.9. The van der Waals surface area contributed by atoms with Crippen LogP contribution in [0.2, 0.25) is 0 Å². The monoisotopic (exact) mass is 283 g/mol. The number of sulfonamides is 1. The quantitative estimate of drug-likeness (QED) is 0.717. The van der Waals surface area contributed by atoms with E-state index in [1.807, 2.05) is 37.3 Å². The maximum atomic E-state index is 11.7. The van der Waals surface area contributed by atoms with Crippen molar-refractivity contribution >= 4 is 16.1 Å². The van der Waals surface area contributed by atoms with Crippen molar-refractivity contribution in [3.05, 3.63) is 41.3 Å². The lowest BCUT2D eigenvalue weighted by Crippen LogP contribution is -2.22. The molecule has 1 atom stereocenters. The Hall–Kier alpha value is -1.17. The highest BCUT2D eigenvalue weighted by molar-refractivity contribution is 7.92. The molecule has 0 aromatic heterocycles. The van der Waals surface area contributed by atoms with Gasteiger partial charge in [0.2, 0.25) is 10.0 Å². The van der Waals surface area contributed by atoms with Crippen LogP contribution in [0.25, 0.3) is 6.08 Å². The van der Waals surface area contributed by atoms with E-state index in [0.29, 0.717) is 6.54 Å². The fourth-order valence-corrected chi connectivity index (χ4v) is 2.40. The lowest BCUT2D eigenvalue weighted by atomic mass is 10.1. The fraction of sp³-hybridized carbons (Fsp3) is 0.429. The van der Waals surface area contributed by atoms with Gasteiger partial charge in [0.25, 0.3) is 0 Å². The minimum absolute atomic E-state index is 0.140. The fourth-order valence-electron chi connectivity index (χ4n) is 1.54. The summed E-state index contributed by atoms with van der Waals surface area (Å²) in [5.41, 5.74) is 0.849. The number of nitrogens with one attached hydrogen (secondary N) is 1. The average Bonchev–Trinajstić information content (AvgIpc) is 2.42. The first-order valence-corrected chi connectivity index (χ1v) is 7.92. The van der Waals surface area contributed by atoms with Crippen LogP contribution in [0.5, 0.6) is 0 Å². The van der Waals surface area contributed by atoms with Gasteiger partial charge in [-0.05, 0) is 30.4 Å². The number of hydrogen-bond acceptors (Lipinski definition) is 3. The van der Waals surface area contributed by atoms with Gasteiger partial charge in [-0.2, -0.15) is 0 Å². The molecule has 1 aromatic carbocycles. The van der Waals surface area contributed by atoms with Gasteiger partial charge in [-0.15, -0.1) is 0 Å². The van der Waals surface area contributed by atoms with Crippen molar-refractivity contribution in [3.63, 3.8) is 0 Å². The highest BCUT2D eigenvalue weighted by Gasteiger charge is 2.05. The minimum atomic E-state index is -3.38. The van der Waals surface area contributed by atoms with E-state index in [9.17, 15) is 8.42 Å². The second-order valence-electron chi connectivity index (χ2n) is 4.58. The first-order chi connectivity index (χ1) is 9.03. The predicted molar refractivity (Wildman–Crippen MR) is 77.9 cm³/mol. The van der Waals surface area contributed by atoms with E-state index in [0.717, 1.165) is 18.4 Å². The zero-order valence-electron chi connectivity index (χ0n) is 11.1. The molecular formula is C14H21NO3S. The van der Waals surface area contributed by atoms with Crippen molar-refractivity contribution in [3.8, 4) is 0 Å². The Morgan fingerprint density at radius 1 is 1.32 bits per heavy atom. The van der Waals surface area contributed by atoms with Gasteiger partial charge in [0.1, 0.15) is 0 Å². The summed E-state index contributed by atoms with van der Waals surface area (Å²) in [6.07, 6.45) is 3.10. The lowest BCUT2D eigenvalue weighted by Gasteiger charge is -2.07. The zero-order chi connectivity index (χ0) is 14.1. The average molecular weight is 283 g/mol. The van der Waals surface area contributed by atoms with Crippen molar-refractivity contribution in [1.82, 2.24) is 4.72 Å². The van der Waals surface area contributed by atoms with Crippen molar-refractivity contribution in [2.75, 3.05) is 13.2 Å². The summed E-state index contributed by atoms with van der Waals surface area (Å²) in [4.78, 5) is 0. The summed E-state index contributed by atoms with van der Waals surface area (Å²) in [5, 5.41) is 10.0. The van der Waals surface area contributed by atoms with Crippen LogP contribution < -0.4 is 4.72 Å². The van der Waals surface area contributed by atoms with Crippen molar-refractivity contribution in [2.24, 2.45) is 5.92 Å². The molecule has 2 N–H and O–H groups in total. The van der Waals surface area contributed by atoms with E-state index in [-0.39, 0.29) is 12.5 Å². The second kappa shape index (κ2) is 8.09. The zero-order valence-corrected chi connectivity index (χ0v) is 11.9. The molecule has 106 valence electrons. The summed E-state index contributed by atoms with van der Waals surface area (Å²) < 4.78 is 25.9. The van der Waals surface area contributed by atoms with Crippen LogP contribution >= 0.6 is 0 Å². The summed E-state index contributed by atoms with van der Waals surface area (Å²) in [6.45, 7) is 2.47. The Kier molecular flexibility index (Phi) is 6.77. The van der Waals surface area contributed by atoms with Crippen LogP contribution in [0.1, 0.15) is 25.3 Å². The lowest BCUT2D eigenvalue weighted by molar-refractivity contribution is 0.228. The number of rotatable bonds is 8. The number of hydrogen-bond donors (Lipinski definition) is 2. The SMILES string of the molecule is CC(CO)CCCNS(=O)(=O)/C=C/c1ccccc1. The predicted octanol–water partition coefficient (Wildman–Crippen LogP) is 1.99. The third-order valence-corrected chi connectivity index (χ3v) is 3.83. The van der Waals surface area contributed by atoms with Crippen molar-refractivity contribution in [1.29, 1.82) is 0 Å². The minimum Gasteiger partial charge on any atom is -0.396 e. The van der Waals surface area contributed by atoms with Crippen LogP contribution in [0.3, 0.4) is 0 Å². The third kappa shape index (κ3) is 7.10. The van der Waals surface area contributed by atoms with Gasteiger partial charge < -0.3 is 5.11 Å². The molecule has 19 heavy (non-hydrogen) atoms. The number of aliphatic hydroxyl groups is 1. The van der Waals surface area contributed by atoms with E-state index in [1.54, 1.807) is 6.08 Å². The highest BCUT2D eigenvalue weighted by atomic mass is 32.2. The van der Waals surface area contributed by atoms with Gasteiger partial charge in [-0.3, -0.25) is 0 Å². The Morgan fingerprint density at radius 3 is 2.63 bits per heavy atom. The molecule has 0 spiro atoms. The first-order valence-electron chi connectivity index (χ1n) is 6.37. The van der Waals surface area contributed by atoms with E-state index in [2.05, 4.69) is 4.72 Å².